The highest BCUT2D eigenvalue weighted by molar-refractivity contribution is 7.85. The van der Waals surface area contributed by atoms with E-state index in [2.05, 4.69) is 84.9 Å². The van der Waals surface area contributed by atoms with Crippen molar-refractivity contribution in [3.05, 3.63) is 121 Å². The van der Waals surface area contributed by atoms with E-state index in [1.54, 1.807) is 0 Å². The normalized spacial score (nSPS) is 11.4. The van der Waals surface area contributed by atoms with Gasteiger partial charge in [0.15, 0.2) is 23.3 Å². The van der Waals surface area contributed by atoms with E-state index in [1.807, 2.05) is 0 Å². The van der Waals surface area contributed by atoms with E-state index >= 15 is 0 Å². The van der Waals surface area contributed by atoms with Gasteiger partial charge in [-0.1, -0.05) is 60.7 Å². The molecule has 36 heavy (non-hydrogen) atoms. The third-order valence-electron chi connectivity index (χ3n) is 5.10. The van der Waals surface area contributed by atoms with Crippen LogP contribution in [0.5, 0.6) is 0 Å². The number of rotatable bonds is 3. The Kier molecular flexibility index (Phi) is 7.57. The maximum Gasteiger partial charge on any atom is 0.359 e. The summed E-state index contributed by atoms with van der Waals surface area (Å²) in [6.07, 6.45) is 0. The zero-order valence-electron chi connectivity index (χ0n) is 18.0. The zero-order chi connectivity index (χ0) is 26.0. The van der Waals surface area contributed by atoms with Crippen molar-refractivity contribution in [3.63, 3.8) is 0 Å². The zero-order valence-corrected chi connectivity index (χ0v) is 21.0. The van der Waals surface area contributed by atoms with Crippen LogP contribution >= 0.6 is 0 Å². The Bertz CT molecular complexity index is 1590. The molecule has 10 heteroatoms. The first-order chi connectivity index (χ1) is 17.1. The molecule has 5 rings (SSSR count). The molecule has 0 atom stereocenters. The second kappa shape index (κ2) is 10.5. The fourth-order valence-electron chi connectivity index (χ4n) is 3.45. The van der Waals surface area contributed by atoms with Gasteiger partial charge in [0.05, 0.1) is 0 Å². The van der Waals surface area contributed by atoms with Crippen molar-refractivity contribution >= 4 is 31.7 Å². The summed E-state index contributed by atoms with van der Waals surface area (Å²) in [5.74, 6) is -12.8. The molecular weight excluding hydrogens is 614 g/mol. The van der Waals surface area contributed by atoms with Crippen molar-refractivity contribution < 1.29 is 56.1 Å². The van der Waals surface area contributed by atoms with Crippen molar-refractivity contribution in [2.24, 2.45) is 0 Å². The minimum Gasteiger partial charge on any atom is -0.744 e. The molecule has 0 N–H and O–H groups in total. The van der Waals surface area contributed by atoms with Crippen LogP contribution in [0.3, 0.4) is 0 Å². The standard InChI is InChI=1S/C20H14I.C6HF5O3S/c1-3-11-17-15(7-1)9-5-13-19(17)21-20-14-6-10-16-8-2-4-12-18(16)20;7-1-2(8)4(10)6(15(12,13)14)5(11)3(1)9/h1-14H;(H,12,13,14)/q+1;/p-1. The van der Waals surface area contributed by atoms with E-state index in [-0.39, 0.29) is 21.2 Å². The molecule has 0 spiro atoms. The summed E-state index contributed by atoms with van der Waals surface area (Å²) >= 11 is -0.176. The van der Waals surface area contributed by atoms with Crippen LogP contribution in [0.15, 0.2) is 89.8 Å². The van der Waals surface area contributed by atoms with Crippen LogP contribution in [0, 0.1) is 36.2 Å². The molecule has 0 saturated carbocycles. The van der Waals surface area contributed by atoms with Crippen LogP contribution < -0.4 is 21.2 Å². The molecule has 0 amide bonds. The molecule has 0 aliphatic rings. The summed E-state index contributed by atoms with van der Waals surface area (Å²) in [4.78, 5) is -2.38. The quantitative estimate of drug-likeness (QED) is 0.101. The lowest BCUT2D eigenvalue weighted by Crippen LogP contribution is -3.61. The number of fused-ring (bicyclic) bond motifs is 2. The number of halogens is 6. The maximum absolute atomic E-state index is 12.6. The molecule has 184 valence electrons. The number of benzene rings is 5. The van der Waals surface area contributed by atoms with E-state index in [0.717, 1.165) is 0 Å². The van der Waals surface area contributed by atoms with Crippen molar-refractivity contribution in [1.29, 1.82) is 0 Å². The van der Waals surface area contributed by atoms with E-state index in [9.17, 15) is 34.9 Å². The Morgan fingerprint density at radius 3 is 1.31 bits per heavy atom. The van der Waals surface area contributed by atoms with Gasteiger partial charge in [0, 0.05) is 10.8 Å². The third-order valence-corrected chi connectivity index (χ3v) is 9.00. The van der Waals surface area contributed by atoms with Gasteiger partial charge in [-0.2, -0.15) is 0 Å². The van der Waals surface area contributed by atoms with Crippen molar-refractivity contribution in [3.8, 4) is 0 Å². The molecular formula is C26H14F5IO3S. The summed E-state index contributed by atoms with van der Waals surface area (Å²) in [5, 5.41) is 5.49. The Balaban J connectivity index is 0.000000181. The number of hydrogen-bond donors (Lipinski definition) is 0. The second-order valence-electron chi connectivity index (χ2n) is 7.37. The second-order valence-corrected chi connectivity index (χ2v) is 11.5. The minimum atomic E-state index is -5.77. The molecule has 5 aromatic carbocycles. The van der Waals surface area contributed by atoms with E-state index in [1.165, 1.54) is 28.7 Å². The van der Waals surface area contributed by atoms with Crippen LogP contribution in [0.1, 0.15) is 0 Å². The summed E-state index contributed by atoms with van der Waals surface area (Å²) in [6.45, 7) is 0. The van der Waals surface area contributed by atoms with Gasteiger partial charge in [0.2, 0.25) is 13.0 Å². The van der Waals surface area contributed by atoms with Crippen molar-refractivity contribution in [2.75, 3.05) is 0 Å². The lowest BCUT2D eigenvalue weighted by molar-refractivity contribution is -0.592. The van der Waals surface area contributed by atoms with Crippen LogP contribution in [-0.2, 0) is 10.1 Å². The van der Waals surface area contributed by atoms with Crippen molar-refractivity contribution in [2.45, 2.75) is 4.90 Å². The van der Waals surface area contributed by atoms with Gasteiger partial charge in [-0.05, 0) is 35.0 Å². The molecule has 0 unspecified atom stereocenters. The van der Waals surface area contributed by atoms with Crippen LogP contribution in [-0.4, -0.2) is 13.0 Å². The molecule has 0 saturated heterocycles. The average molecular weight is 628 g/mol. The topological polar surface area (TPSA) is 57.2 Å². The fraction of sp³-hybridized carbons (Fsp3) is 0. The third kappa shape index (κ3) is 5.20. The Labute approximate surface area is 213 Å². The molecule has 0 heterocycles. The smallest absolute Gasteiger partial charge is 0.359 e. The maximum atomic E-state index is 12.6. The van der Waals surface area contributed by atoms with Crippen LogP contribution in [0.4, 0.5) is 22.0 Å². The summed E-state index contributed by atoms with van der Waals surface area (Å²) in [7, 11) is -5.77. The highest BCUT2D eigenvalue weighted by Gasteiger charge is 2.29. The van der Waals surface area contributed by atoms with E-state index < -0.39 is 44.1 Å². The summed E-state index contributed by atoms with van der Waals surface area (Å²) < 4.78 is 95.9. The predicted octanol–water partition coefficient (Wildman–Crippen LogP) is 3.41. The predicted molar refractivity (Wildman–Crippen MR) is 119 cm³/mol. The van der Waals surface area contributed by atoms with Gasteiger partial charge in [-0.3, -0.25) is 0 Å². The van der Waals surface area contributed by atoms with Crippen LogP contribution in [0.2, 0.25) is 0 Å². The van der Waals surface area contributed by atoms with Gasteiger partial charge in [0.1, 0.15) is 15.0 Å². The van der Waals surface area contributed by atoms with Gasteiger partial charge in [-0.15, -0.1) is 0 Å². The lowest BCUT2D eigenvalue weighted by atomic mass is 10.1. The number of hydrogen-bond acceptors (Lipinski definition) is 3. The van der Waals surface area contributed by atoms with Gasteiger partial charge < -0.3 is 4.55 Å². The molecule has 0 aliphatic carbocycles. The monoisotopic (exact) mass is 628 g/mol. The Hall–Kier alpha value is -3.09. The minimum absolute atomic E-state index is 0.176. The molecule has 5 aromatic rings. The average Bonchev–Trinajstić information content (AvgIpc) is 2.86. The molecule has 0 aliphatic heterocycles. The van der Waals surface area contributed by atoms with E-state index in [0.29, 0.717) is 0 Å². The highest BCUT2D eigenvalue weighted by Crippen LogP contribution is 2.26. The Morgan fingerprint density at radius 2 is 0.889 bits per heavy atom. The Morgan fingerprint density at radius 1 is 0.528 bits per heavy atom. The van der Waals surface area contributed by atoms with Crippen LogP contribution in [0.25, 0.3) is 21.5 Å². The molecule has 0 fully saturated rings. The lowest BCUT2D eigenvalue weighted by Gasteiger charge is -2.10. The highest BCUT2D eigenvalue weighted by atomic mass is 127. The summed E-state index contributed by atoms with van der Waals surface area (Å²) in [6, 6.07) is 30.7. The van der Waals surface area contributed by atoms with Gasteiger partial charge in [0.25, 0.3) is 0 Å². The largest absolute Gasteiger partial charge is 0.744 e. The van der Waals surface area contributed by atoms with E-state index in [4.69, 9.17) is 0 Å². The van der Waals surface area contributed by atoms with Gasteiger partial charge >= 0.3 is 21.2 Å². The molecule has 0 bridgehead atoms. The van der Waals surface area contributed by atoms with Gasteiger partial charge in [-0.25, -0.2) is 30.4 Å². The SMILES string of the molecule is O=S(=O)([O-])c1c(F)c(F)c(F)c(F)c1F.c1ccc2c([I+]c3cccc4ccccc34)cccc2c1. The van der Waals surface area contributed by atoms with Crippen molar-refractivity contribution in [1.82, 2.24) is 0 Å². The fourth-order valence-corrected chi connectivity index (χ4v) is 7.03. The molecule has 3 nitrogen and oxygen atoms in total. The first kappa shape index (κ1) is 26.0. The molecule has 0 aromatic heterocycles. The molecule has 0 radical (unpaired) electrons. The summed E-state index contributed by atoms with van der Waals surface area (Å²) in [5.41, 5.74) is 0. The first-order valence-corrected chi connectivity index (χ1v) is 13.7. The first-order valence-electron chi connectivity index (χ1n) is 10.2.